The topological polar surface area (TPSA) is 86.5 Å². The predicted molar refractivity (Wildman–Crippen MR) is 93.7 cm³/mol. The number of nitriles is 1. The van der Waals surface area contributed by atoms with Gasteiger partial charge < -0.3 is 10.6 Å². The fraction of sp³-hybridized carbons (Fsp3) is 0.0588. The van der Waals surface area contributed by atoms with Crippen molar-refractivity contribution in [2.24, 2.45) is 0 Å². The van der Waals surface area contributed by atoms with E-state index in [1.165, 1.54) is 6.20 Å². The molecule has 0 spiro atoms. The molecule has 0 atom stereocenters. The molecule has 0 radical (unpaired) electrons. The van der Waals surface area contributed by atoms with Crippen LogP contribution in [-0.2, 0) is 0 Å². The Balaban J connectivity index is 1.81. The molecule has 6 nitrogen and oxygen atoms in total. The van der Waals surface area contributed by atoms with Crippen LogP contribution in [0.2, 0.25) is 5.02 Å². The monoisotopic (exact) mass is 336 g/mol. The van der Waals surface area contributed by atoms with Crippen molar-refractivity contribution in [3.63, 3.8) is 0 Å². The molecule has 1 heterocycles. The van der Waals surface area contributed by atoms with Crippen LogP contribution < -0.4 is 10.6 Å². The van der Waals surface area contributed by atoms with E-state index in [1.54, 1.807) is 24.3 Å². The molecule has 1 aromatic heterocycles. The lowest BCUT2D eigenvalue weighted by Gasteiger charge is -2.09. The highest BCUT2D eigenvalue weighted by Crippen LogP contribution is 2.23. The Kier molecular flexibility index (Phi) is 4.54. The van der Waals surface area contributed by atoms with Gasteiger partial charge in [-0.15, -0.1) is 5.10 Å². The second kappa shape index (κ2) is 6.94. The zero-order valence-corrected chi connectivity index (χ0v) is 13.5. The second-order valence-electron chi connectivity index (χ2n) is 5.04. The minimum Gasteiger partial charge on any atom is -0.338 e. The van der Waals surface area contributed by atoms with E-state index in [9.17, 15) is 0 Å². The fourth-order valence-corrected chi connectivity index (χ4v) is 2.22. The van der Waals surface area contributed by atoms with Gasteiger partial charge in [-0.1, -0.05) is 29.8 Å². The van der Waals surface area contributed by atoms with Gasteiger partial charge in [0.15, 0.2) is 5.82 Å². The molecule has 0 saturated carbocycles. The third-order valence-electron chi connectivity index (χ3n) is 3.30. The number of halogens is 1. The summed E-state index contributed by atoms with van der Waals surface area (Å²) in [4.78, 5) is 4.34. The van der Waals surface area contributed by atoms with Crippen LogP contribution in [0.15, 0.2) is 48.7 Å². The Morgan fingerprint density at radius 3 is 2.75 bits per heavy atom. The first-order valence-electron chi connectivity index (χ1n) is 7.15. The highest BCUT2D eigenvalue weighted by Gasteiger charge is 2.06. The molecule has 0 saturated heterocycles. The van der Waals surface area contributed by atoms with E-state index in [2.05, 4.69) is 31.9 Å². The number of hydrogen-bond donors (Lipinski definition) is 2. The summed E-state index contributed by atoms with van der Waals surface area (Å²) in [6.45, 7) is 1.93. The Hall–Kier alpha value is -3.17. The summed E-state index contributed by atoms with van der Waals surface area (Å²) in [6, 6.07) is 14.9. The lowest BCUT2D eigenvalue weighted by molar-refractivity contribution is 0.982. The largest absolute Gasteiger partial charge is 0.338 e. The van der Waals surface area contributed by atoms with Gasteiger partial charge in [0.05, 0.1) is 17.4 Å². The van der Waals surface area contributed by atoms with Crippen LogP contribution in [-0.4, -0.2) is 15.2 Å². The number of para-hydroxylation sites is 1. The number of rotatable bonds is 4. The normalized spacial score (nSPS) is 10.0. The molecule has 2 aromatic carbocycles. The summed E-state index contributed by atoms with van der Waals surface area (Å²) in [6.07, 6.45) is 1.49. The third kappa shape index (κ3) is 3.59. The molecule has 0 fully saturated rings. The minimum atomic E-state index is 0.328. The average molecular weight is 337 g/mol. The molecule has 3 aromatic rings. The first-order chi connectivity index (χ1) is 11.7. The third-order valence-corrected chi connectivity index (χ3v) is 3.70. The predicted octanol–water partition coefficient (Wildman–Crippen LogP) is 4.19. The number of aryl methyl sites for hydroxylation is 1. The summed E-state index contributed by atoms with van der Waals surface area (Å²) in [5.41, 5.74) is 2.94. The summed E-state index contributed by atoms with van der Waals surface area (Å²) in [5, 5.41) is 23.8. The summed E-state index contributed by atoms with van der Waals surface area (Å²) >= 11 is 6.11. The van der Waals surface area contributed by atoms with Gasteiger partial charge in [0.2, 0.25) is 5.95 Å². The van der Waals surface area contributed by atoms with Crippen molar-refractivity contribution in [2.75, 3.05) is 10.6 Å². The van der Waals surface area contributed by atoms with Gasteiger partial charge in [-0.25, -0.2) is 0 Å². The van der Waals surface area contributed by atoms with E-state index in [-0.39, 0.29) is 0 Å². The smallest absolute Gasteiger partial charge is 0.249 e. The molecule has 24 heavy (non-hydrogen) atoms. The Labute approximate surface area is 144 Å². The van der Waals surface area contributed by atoms with Crippen LogP contribution in [0.5, 0.6) is 0 Å². The van der Waals surface area contributed by atoms with E-state index in [0.29, 0.717) is 28.0 Å². The quantitative estimate of drug-likeness (QED) is 0.742. The van der Waals surface area contributed by atoms with Gasteiger partial charge in [0.25, 0.3) is 0 Å². The van der Waals surface area contributed by atoms with Crippen molar-refractivity contribution in [1.29, 1.82) is 5.26 Å². The van der Waals surface area contributed by atoms with Crippen molar-refractivity contribution in [2.45, 2.75) is 6.92 Å². The lowest BCUT2D eigenvalue weighted by Crippen LogP contribution is -2.03. The molecule has 0 amide bonds. The van der Waals surface area contributed by atoms with Crippen molar-refractivity contribution in [1.82, 2.24) is 15.2 Å². The summed E-state index contributed by atoms with van der Waals surface area (Å²) in [7, 11) is 0. The Bertz CT molecular complexity index is 919. The van der Waals surface area contributed by atoms with E-state index in [4.69, 9.17) is 16.9 Å². The first kappa shape index (κ1) is 15.7. The van der Waals surface area contributed by atoms with Gasteiger partial charge in [0.1, 0.15) is 6.07 Å². The van der Waals surface area contributed by atoms with E-state index >= 15 is 0 Å². The highest BCUT2D eigenvalue weighted by molar-refractivity contribution is 6.31. The average Bonchev–Trinajstić information content (AvgIpc) is 2.59. The summed E-state index contributed by atoms with van der Waals surface area (Å²) in [5.74, 6) is 0.808. The van der Waals surface area contributed by atoms with Crippen LogP contribution in [0.4, 0.5) is 23.1 Å². The molecule has 0 aliphatic carbocycles. The molecule has 118 valence electrons. The highest BCUT2D eigenvalue weighted by atomic mass is 35.5. The van der Waals surface area contributed by atoms with Crippen LogP contribution in [0.3, 0.4) is 0 Å². The Morgan fingerprint density at radius 1 is 1.12 bits per heavy atom. The minimum absolute atomic E-state index is 0.328. The molecule has 0 bridgehead atoms. The standard InChI is InChI=1S/C17H13ClN6/c1-11-6-7-13(8-14(11)18)21-17-23-16(10-20-24-17)22-15-5-3-2-4-12(15)9-19/h2-8,10H,1H3,(H2,21,22,23,24). The van der Waals surface area contributed by atoms with Crippen LogP contribution >= 0.6 is 11.6 Å². The van der Waals surface area contributed by atoms with Crippen LogP contribution in [0.25, 0.3) is 0 Å². The van der Waals surface area contributed by atoms with Crippen LogP contribution in [0, 0.1) is 18.3 Å². The van der Waals surface area contributed by atoms with Crippen molar-refractivity contribution in [3.05, 3.63) is 64.8 Å². The van der Waals surface area contributed by atoms with Gasteiger partial charge in [0, 0.05) is 10.7 Å². The molecule has 0 aliphatic heterocycles. The number of nitrogens with one attached hydrogen (secondary N) is 2. The van der Waals surface area contributed by atoms with Gasteiger partial charge in [-0.3, -0.25) is 0 Å². The zero-order chi connectivity index (χ0) is 16.9. The second-order valence-corrected chi connectivity index (χ2v) is 5.44. The maximum atomic E-state index is 9.13. The lowest BCUT2D eigenvalue weighted by atomic mass is 10.2. The van der Waals surface area contributed by atoms with E-state index in [1.807, 2.05) is 25.1 Å². The number of aromatic nitrogens is 3. The van der Waals surface area contributed by atoms with Gasteiger partial charge in [-0.2, -0.15) is 15.3 Å². The van der Waals surface area contributed by atoms with Crippen molar-refractivity contribution >= 4 is 34.7 Å². The number of nitrogens with zero attached hydrogens (tertiary/aromatic N) is 4. The van der Waals surface area contributed by atoms with Gasteiger partial charge >= 0.3 is 0 Å². The van der Waals surface area contributed by atoms with Crippen molar-refractivity contribution < 1.29 is 0 Å². The Morgan fingerprint density at radius 2 is 1.96 bits per heavy atom. The maximum Gasteiger partial charge on any atom is 0.249 e. The first-order valence-corrected chi connectivity index (χ1v) is 7.52. The van der Waals surface area contributed by atoms with E-state index < -0.39 is 0 Å². The van der Waals surface area contributed by atoms with Crippen LogP contribution in [0.1, 0.15) is 11.1 Å². The number of anilines is 4. The molecular weight excluding hydrogens is 324 g/mol. The van der Waals surface area contributed by atoms with Gasteiger partial charge in [-0.05, 0) is 36.8 Å². The summed E-state index contributed by atoms with van der Waals surface area (Å²) < 4.78 is 0. The molecule has 0 unspecified atom stereocenters. The molecule has 3 rings (SSSR count). The number of benzene rings is 2. The fourth-order valence-electron chi connectivity index (χ4n) is 2.04. The number of hydrogen-bond acceptors (Lipinski definition) is 6. The molecule has 2 N–H and O–H groups in total. The zero-order valence-electron chi connectivity index (χ0n) is 12.8. The molecule has 7 heteroatoms. The molecule has 0 aliphatic rings. The SMILES string of the molecule is Cc1ccc(Nc2nncc(Nc3ccccc3C#N)n2)cc1Cl. The maximum absolute atomic E-state index is 9.13. The van der Waals surface area contributed by atoms with Crippen molar-refractivity contribution in [3.8, 4) is 6.07 Å². The molecular formula is C17H13ClN6. The van der Waals surface area contributed by atoms with E-state index in [0.717, 1.165) is 11.3 Å².